The van der Waals surface area contributed by atoms with Crippen LogP contribution in [0.25, 0.3) is 0 Å². The molecule has 5 heteroatoms. The first-order valence-corrected chi connectivity index (χ1v) is 7.22. The lowest BCUT2D eigenvalue weighted by Gasteiger charge is -2.06. The van der Waals surface area contributed by atoms with Crippen LogP contribution in [-0.4, -0.2) is 6.04 Å². The maximum absolute atomic E-state index is 13.2. The van der Waals surface area contributed by atoms with Crippen molar-refractivity contribution in [3.63, 3.8) is 0 Å². The van der Waals surface area contributed by atoms with E-state index in [1.807, 2.05) is 12.1 Å². The van der Waals surface area contributed by atoms with Crippen LogP contribution in [0.5, 0.6) is 5.75 Å². The Morgan fingerprint density at radius 2 is 2.00 bits per heavy atom. The van der Waals surface area contributed by atoms with Gasteiger partial charge in [0.25, 0.3) is 0 Å². The van der Waals surface area contributed by atoms with Crippen molar-refractivity contribution in [3.05, 3.63) is 52.1 Å². The highest BCUT2D eigenvalue weighted by atomic mass is 79.9. The Hall–Kier alpha value is -1.33. The normalized spacial score (nSPS) is 11.1. The summed E-state index contributed by atoms with van der Waals surface area (Å²) >= 11 is 3.23. The summed E-state index contributed by atoms with van der Waals surface area (Å²) in [7, 11) is 0. The van der Waals surface area contributed by atoms with Crippen molar-refractivity contribution < 1.29 is 13.5 Å². The van der Waals surface area contributed by atoms with Crippen LogP contribution in [0.2, 0.25) is 0 Å². The van der Waals surface area contributed by atoms with Crippen LogP contribution in [0, 0.1) is 5.82 Å². The Labute approximate surface area is 126 Å². The zero-order valence-corrected chi connectivity index (χ0v) is 13.0. The molecule has 0 spiro atoms. The van der Waals surface area contributed by atoms with Crippen LogP contribution in [0.4, 0.5) is 4.39 Å². The fraction of sp³-hybridized carbons (Fsp3) is 0.333. The summed E-state index contributed by atoms with van der Waals surface area (Å²) in [6.07, 6.45) is 0. The van der Waals surface area contributed by atoms with E-state index in [1.54, 1.807) is 6.07 Å². The molecular weight excluding hydrogens is 325 g/mol. The molecule has 0 saturated carbocycles. The van der Waals surface area contributed by atoms with E-state index in [9.17, 15) is 4.39 Å². The smallest absolute Gasteiger partial charge is 0.146 e. The predicted molar refractivity (Wildman–Crippen MR) is 79.1 cm³/mol. The topological polar surface area (TPSA) is 34.4 Å². The first-order valence-electron chi connectivity index (χ1n) is 6.43. The average molecular weight is 342 g/mol. The molecule has 2 aromatic rings. The van der Waals surface area contributed by atoms with Crippen molar-refractivity contribution in [3.8, 4) is 5.75 Å². The van der Waals surface area contributed by atoms with Gasteiger partial charge in [0.1, 0.15) is 29.7 Å². The van der Waals surface area contributed by atoms with Gasteiger partial charge in [-0.25, -0.2) is 4.39 Å². The molecule has 0 saturated heterocycles. The summed E-state index contributed by atoms with van der Waals surface area (Å²) in [5.41, 5.74) is 0. The lowest BCUT2D eigenvalue weighted by molar-refractivity contribution is 0.263. The summed E-state index contributed by atoms with van der Waals surface area (Å²) in [5.74, 6) is 1.70. The minimum absolute atomic E-state index is 0.275. The van der Waals surface area contributed by atoms with Gasteiger partial charge in [0.05, 0.1) is 6.54 Å². The molecule has 0 fully saturated rings. The van der Waals surface area contributed by atoms with Crippen LogP contribution in [-0.2, 0) is 13.2 Å². The second kappa shape index (κ2) is 6.90. The highest BCUT2D eigenvalue weighted by molar-refractivity contribution is 9.10. The third-order valence-electron chi connectivity index (χ3n) is 2.62. The summed E-state index contributed by atoms with van der Waals surface area (Å²) in [6, 6.07) is 8.63. The van der Waals surface area contributed by atoms with Crippen LogP contribution < -0.4 is 10.1 Å². The van der Waals surface area contributed by atoms with Gasteiger partial charge >= 0.3 is 0 Å². The third-order valence-corrected chi connectivity index (χ3v) is 3.08. The first-order chi connectivity index (χ1) is 9.52. The van der Waals surface area contributed by atoms with Gasteiger partial charge in [-0.15, -0.1) is 0 Å². The summed E-state index contributed by atoms with van der Waals surface area (Å²) in [5, 5.41) is 3.27. The minimum Gasteiger partial charge on any atom is -0.486 e. The van der Waals surface area contributed by atoms with Crippen LogP contribution >= 0.6 is 15.9 Å². The Morgan fingerprint density at radius 1 is 1.25 bits per heavy atom. The van der Waals surface area contributed by atoms with Gasteiger partial charge < -0.3 is 14.5 Å². The summed E-state index contributed by atoms with van der Waals surface area (Å²) in [6.45, 7) is 5.12. The van der Waals surface area contributed by atoms with Crippen molar-refractivity contribution >= 4 is 15.9 Å². The van der Waals surface area contributed by atoms with Crippen LogP contribution in [0.3, 0.4) is 0 Å². The third kappa shape index (κ3) is 4.65. The Balaban J connectivity index is 1.90. The zero-order chi connectivity index (χ0) is 14.5. The molecule has 0 atom stereocenters. The molecule has 108 valence electrons. The number of ether oxygens (including phenoxy) is 1. The number of halogens is 2. The van der Waals surface area contributed by atoms with E-state index < -0.39 is 0 Å². The number of furan rings is 1. The largest absolute Gasteiger partial charge is 0.486 e. The number of rotatable bonds is 6. The molecular formula is C15H17BrFNO2. The van der Waals surface area contributed by atoms with Crippen molar-refractivity contribution in [2.45, 2.75) is 33.0 Å². The van der Waals surface area contributed by atoms with Gasteiger partial charge in [0.15, 0.2) is 0 Å². The summed E-state index contributed by atoms with van der Waals surface area (Å²) in [4.78, 5) is 0. The minimum atomic E-state index is -0.337. The first kappa shape index (κ1) is 15.1. The standard InChI is InChI=1S/C15H17BrFNO2/c1-10(2)18-8-13-3-4-14(20-13)9-19-15-6-11(16)5-12(17)7-15/h3-7,10,18H,8-9H2,1-2H3. The SMILES string of the molecule is CC(C)NCc1ccc(COc2cc(F)cc(Br)c2)o1. The fourth-order valence-corrected chi connectivity index (χ4v) is 2.11. The average Bonchev–Trinajstić information content (AvgIpc) is 2.81. The highest BCUT2D eigenvalue weighted by Crippen LogP contribution is 2.21. The van der Waals surface area contributed by atoms with E-state index >= 15 is 0 Å². The molecule has 0 aliphatic carbocycles. The Bertz CT molecular complexity index is 549. The molecule has 0 bridgehead atoms. The van der Waals surface area contributed by atoms with Gasteiger partial charge in [0.2, 0.25) is 0 Å². The van der Waals surface area contributed by atoms with Gasteiger partial charge in [-0.05, 0) is 24.3 Å². The van der Waals surface area contributed by atoms with Crippen LogP contribution in [0.15, 0.2) is 39.2 Å². The second-order valence-electron chi connectivity index (χ2n) is 4.80. The molecule has 3 nitrogen and oxygen atoms in total. The Kier molecular flexibility index (Phi) is 5.20. The number of hydrogen-bond acceptors (Lipinski definition) is 3. The monoisotopic (exact) mass is 341 g/mol. The molecule has 0 amide bonds. The van der Waals surface area contributed by atoms with E-state index in [0.717, 1.165) is 5.76 Å². The number of hydrogen-bond donors (Lipinski definition) is 1. The van der Waals surface area contributed by atoms with Crippen molar-refractivity contribution in [2.75, 3.05) is 0 Å². The van der Waals surface area contributed by atoms with E-state index in [1.165, 1.54) is 12.1 Å². The van der Waals surface area contributed by atoms with E-state index in [2.05, 4.69) is 35.1 Å². The van der Waals surface area contributed by atoms with Crippen molar-refractivity contribution in [1.82, 2.24) is 5.32 Å². The van der Waals surface area contributed by atoms with Gasteiger partial charge in [-0.2, -0.15) is 0 Å². The zero-order valence-electron chi connectivity index (χ0n) is 11.5. The lowest BCUT2D eigenvalue weighted by Crippen LogP contribution is -2.21. The van der Waals surface area contributed by atoms with Gasteiger partial charge in [0, 0.05) is 16.6 Å². The van der Waals surface area contributed by atoms with Crippen LogP contribution in [0.1, 0.15) is 25.4 Å². The van der Waals surface area contributed by atoms with Gasteiger partial charge in [-0.1, -0.05) is 29.8 Å². The Morgan fingerprint density at radius 3 is 2.70 bits per heavy atom. The number of nitrogens with one attached hydrogen (secondary N) is 1. The lowest BCUT2D eigenvalue weighted by atomic mass is 10.3. The molecule has 1 aromatic heterocycles. The summed E-state index contributed by atoms with van der Waals surface area (Å²) < 4.78 is 25.0. The van der Waals surface area contributed by atoms with E-state index in [0.29, 0.717) is 28.6 Å². The molecule has 1 aromatic carbocycles. The molecule has 1 N–H and O–H groups in total. The molecule has 2 rings (SSSR count). The molecule has 0 radical (unpaired) electrons. The van der Waals surface area contributed by atoms with Gasteiger partial charge in [-0.3, -0.25) is 0 Å². The predicted octanol–water partition coefficient (Wildman–Crippen LogP) is 4.26. The van der Waals surface area contributed by atoms with E-state index in [4.69, 9.17) is 9.15 Å². The molecule has 1 heterocycles. The van der Waals surface area contributed by atoms with Crippen molar-refractivity contribution in [2.24, 2.45) is 0 Å². The highest BCUT2D eigenvalue weighted by Gasteiger charge is 2.05. The quantitative estimate of drug-likeness (QED) is 0.852. The maximum Gasteiger partial charge on any atom is 0.146 e. The second-order valence-corrected chi connectivity index (χ2v) is 5.71. The number of benzene rings is 1. The molecule has 0 aliphatic heterocycles. The fourth-order valence-electron chi connectivity index (χ4n) is 1.67. The molecule has 0 aliphatic rings. The molecule has 0 unspecified atom stereocenters. The molecule has 20 heavy (non-hydrogen) atoms. The van der Waals surface area contributed by atoms with E-state index in [-0.39, 0.29) is 12.4 Å². The maximum atomic E-state index is 13.2. The van der Waals surface area contributed by atoms with Crippen molar-refractivity contribution in [1.29, 1.82) is 0 Å².